The molecule has 102 valence electrons. The number of hydrogen-bond acceptors (Lipinski definition) is 4. The van der Waals surface area contributed by atoms with Crippen molar-refractivity contribution in [2.24, 2.45) is 5.41 Å². The molecule has 0 atom stereocenters. The molecule has 1 aromatic rings. The highest BCUT2D eigenvalue weighted by Crippen LogP contribution is 2.49. The molecule has 1 saturated heterocycles. The van der Waals surface area contributed by atoms with Gasteiger partial charge in [-0.3, -0.25) is 4.79 Å². The first-order valence-corrected chi connectivity index (χ1v) is 6.50. The van der Waals surface area contributed by atoms with Crippen LogP contribution in [0.15, 0.2) is 18.2 Å². The van der Waals surface area contributed by atoms with Crippen LogP contribution in [0.3, 0.4) is 0 Å². The van der Waals surface area contributed by atoms with Crippen molar-refractivity contribution >= 4 is 5.78 Å². The second-order valence-electron chi connectivity index (χ2n) is 5.75. The van der Waals surface area contributed by atoms with Gasteiger partial charge in [0.1, 0.15) is 5.75 Å². The van der Waals surface area contributed by atoms with E-state index < -0.39 is 11.2 Å². The van der Waals surface area contributed by atoms with E-state index in [1.54, 1.807) is 13.2 Å². The topological polar surface area (TPSA) is 44.8 Å². The molecule has 0 saturated carbocycles. The van der Waals surface area contributed by atoms with Gasteiger partial charge in [0.05, 0.1) is 20.3 Å². The summed E-state index contributed by atoms with van der Waals surface area (Å²) < 4.78 is 16.9. The Morgan fingerprint density at radius 1 is 1.21 bits per heavy atom. The third-order valence-corrected chi connectivity index (χ3v) is 3.92. The van der Waals surface area contributed by atoms with E-state index in [0.717, 1.165) is 5.56 Å². The molecular formula is C15H18O4. The first-order chi connectivity index (χ1) is 8.98. The minimum atomic E-state index is -0.765. The van der Waals surface area contributed by atoms with E-state index in [0.29, 0.717) is 30.9 Å². The predicted molar refractivity (Wildman–Crippen MR) is 69.3 cm³/mol. The molecule has 2 aliphatic rings. The van der Waals surface area contributed by atoms with E-state index in [-0.39, 0.29) is 5.78 Å². The zero-order valence-corrected chi connectivity index (χ0v) is 11.5. The third-order valence-electron chi connectivity index (χ3n) is 3.92. The number of methoxy groups -OCH3 is 1. The summed E-state index contributed by atoms with van der Waals surface area (Å²) in [6, 6.07) is 5.51. The number of ketones is 1. The van der Waals surface area contributed by atoms with Crippen LogP contribution in [0, 0.1) is 5.41 Å². The monoisotopic (exact) mass is 262 g/mol. The average molecular weight is 262 g/mol. The molecule has 19 heavy (non-hydrogen) atoms. The van der Waals surface area contributed by atoms with Gasteiger partial charge in [-0.2, -0.15) is 0 Å². The van der Waals surface area contributed by atoms with Gasteiger partial charge in [0.2, 0.25) is 0 Å². The number of carbonyl (C=O) groups excluding carboxylic acids is 1. The van der Waals surface area contributed by atoms with E-state index in [4.69, 9.17) is 14.2 Å². The fourth-order valence-corrected chi connectivity index (χ4v) is 3.00. The molecule has 0 aromatic heterocycles. The van der Waals surface area contributed by atoms with Gasteiger partial charge >= 0.3 is 0 Å². The van der Waals surface area contributed by atoms with Crippen molar-refractivity contribution in [1.29, 1.82) is 0 Å². The summed E-state index contributed by atoms with van der Waals surface area (Å²) in [6.07, 6.45) is 0.554. The van der Waals surface area contributed by atoms with E-state index in [9.17, 15) is 4.79 Å². The summed E-state index contributed by atoms with van der Waals surface area (Å²) >= 11 is 0. The van der Waals surface area contributed by atoms with Gasteiger partial charge in [-0.05, 0) is 18.2 Å². The van der Waals surface area contributed by atoms with Crippen molar-refractivity contribution in [1.82, 2.24) is 0 Å². The molecule has 1 spiro atoms. The highest BCUT2D eigenvalue weighted by molar-refractivity contribution is 6.03. The van der Waals surface area contributed by atoms with Gasteiger partial charge in [-0.15, -0.1) is 0 Å². The summed E-state index contributed by atoms with van der Waals surface area (Å²) in [7, 11) is 1.60. The van der Waals surface area contributed by atoms with Gasteiger partial charge in [0.15, 0.2) is 11.6 Å². The number of ether oxygens (including phenoxy) is 3. The lowest BCUT2D eigenvalue weighted by atomic mass is 9.70. The van der Waals surface area contributed by atoms with Gasteiger partial charge in [-0.1, -0.05) is 13.8 Å². The maximum absolute atomic E-state index is 12.6. The van der Waals surface area contributed by atoms with Crippen molar-refractivity contribution in [2.75, 3.05) is 20.3 Å². The summed E-state index contributed by atoms with van der Waals surface area (Å²) in [6.45, 7) is 5.00. The summed E-state index contributed by atoms with van der Waals surface area (Å²) in [5.41, 5.74) is 0.983. The Morgan fingerprint density at radius 3 is 2.53 bits per heavy atom. The van der Waals surface area contributed by atoms with Crippen LogP contribution >= 0.6 is 0 Å². The Hall–Kier alpha value is -1.39. The summed E-state index contributed by atoms with van der Waals surface area (Å²) in [5.74, 6) is 0.0306. The van der Waals surface area contributed by atoms with Crippen LogP contribution in [0.2, 0.25) is 0 Å². The van der Waals surface area contributed by atoms with Gasteiger partial charge < -0.3 is 14.2 Å². The molecule has 4 heteroatoms. The fraction of sp³-hybridized carbons (Fsp3) is 0.533. The standard InChI is InChI=1S/C15H18O4/c1-14(2)9-15(18-6-7-19-15)12-5-4-10(17-3)8-11(12)13(14)16/h4-5,8H,6-7,9H2,1-3H3. The van der Waals surface area contributed by atoms with E-state index >= 15 is 0 Å². The average Bonchev–Trinajstić information content (AvgIpc) is 2.84. The van der Waals surface area contributed by atoms with Gasteiger partial charge in [0, 0.05) is 23.0 Å². The van der Waals surface area contributed by atoms with Crippen molar-refractivity contribution < 1.29 is 19.0 Å². The van der Waals surface area contributed by atoms with Crippen LogP contribution in [-0.4, -0.2) is 26.1 Å². The molecule has 3 rings (SSSR count). The largest absolute Gasteiger partial charge is 0.497 e. The van der Waals surface area contributed by atoms with Crippen LogP contribution in [0.25, 0.3) is 0 Å². The third kappa shape index (κ3) is 1.78. The fourth-order valence-electron chi connectivity index (χ4n) is 3.00. The summed E-state index contributed by atoms with van der Waals surface area (Å²) in [5, 5.41) is 0. The zero-order valence-electron chi connectivity index (χ0n) is 11.5. The van der Waals surface area contributed by atoms with Crippen LogP contribution in [0.5, 0.6) is 5.75 Å². The number of carbonyl (C=O) groups is 1. The van der Waals surface area contributed by atoms with Crippen LogP contribution in [0.4, 0.5) is 0 Å². The normalized spacial score (nSPS) is 23.4. The number of rotatable bonds is 1. The maximum atomic E-state index is 12.6. The number of benzene rings is 1. The molecule has 0 radical (unpaired) electrons. The lowest BCUT2D eigenvalue weighted by Crippen LogP contribution is -2.43. The minimum absolute atomic E-state index is 0.117. The van der Waals surface area contributed by atoms with Gasteiger partial charge in [0.25, 0.3) is 0 Å². The predicted octanol–water partition coefficient (Wildman–Crippen LogP) is 2.51. The van der Waals surface area contributed by atoms with E-state index in [1.807, 2.05) is 26.0 Å². The highest BCUT2D eigenvalue weighted by Gasteiger charge is 2.52. The Kier molecular flexibility index (Phi) is 2.69. The molecule has 1 aliphatic heterocycles. The first kappa shape index (κ1) is 12.6. The first-order valence-electron chi connectivity index (χ1n) is 6.50. The lowest BCUT2D eigenvalue weighted by molar-refractivity contribution is -0.186. The molecular weight excluding hydrogens is 244 g/mol. The van der Waals surface area contributed by atoms with Crippen LogP contribution in [-0.2, 0) is 15.3 Å². The Bertz CT molecular complexity index is 527. The molecule has 1 aliphatic carbocycles. The SMILES string of the molecule is COc1ccc2c(c1)C(=O)C(C)(C)CC21OCCO1. The van der Waals surface area contributed by atoms with E-state index in [1.165, 1.54) is 0 Å². The quantitative estimate of drug-likeness (QED) is 0.780. The second-order valence-corrected chi connectivity index (χ2v) is 5.75. The van der Waals surface area contributed by atoms with Crippen LogP contribution < -0.4 is 4.74 Å². The highest BCUT2D eigenvalue weighted by atomic mass is 16.7. The van der Waals surface area contributed by atoms with Gasteiger partial charge in [-0.25, -0.2) is 0 Å². The Balaban J connectivity index is 2.19. The number of hydrogen-bond donors (Lipinski definition) is 0. The smallest absolute Gasteiger partial charge is 0.196 e. The zero-order chi connectivity index (χ0) is 13.7. The van der Waals surface area contributed by atoms with Crippen LogP contribution in [0.1, 0.15) is 36.2 Å². The van der Waals surface area contributed by atoms with Crippen molar-refractivity contribution in [2.45, 2.75) is 26.1 Å². The molecule has 0 bridgehead atoms. The minimum Gasteiger partial charge on any atom is -0.497 e. The van der Waals surface area contributed by atoms with Crippen molar-refractivity contribution in [3.8, 4) is 5.75 Å². The molecule has 1 aromatic carbocycles. The molecule has 0 unspecified atom stereocenters. The lowest BCUT2D eigenvalue weighted by Gasteiger charge is -2.41. The molecule has 4 nitrogen and oxygen atoms in total. The number of fused-ring (bicyclic) bond motifs is 2. The molecule has 1 fully saturated rings. The van der Waals surface area contributed by atoms with Crippen molar-refractivity contribution in [3.05, 3.63) is 29.3 Å². The Morgan fingerprint density at radius 2 is 1.89 bits per heavy atom. The Labute approximate surface area is 112 Å². The summed E-state index contributed by atoms with van der Waals surface area (Å²) in [4.78, 5) is 12.6. The van der Waals surface area contributed by atoms with E-state index in [2.05, 4.69) is 0 Å². The second kappa shape index (κ2) is 4.05. The molecule has 1 heterocycles. The maximum Gasteiger partial charge on any atom is 0.196 e. The molecule has 0 amide bonds. The van der Waals surface area contributed by atoms with Crippen molar-refractivity contribution in [3.63, 3.8) is 0 Å². The molecule has 0 N–H and O–H groups in total. The number of Topliss-reactive ketones (excluding diaryl/α,β-unsaturated/α-hetero) is 1.